The third-order valence-electron chi connectivity index (χ3n) is 3.31. The van der Waals surface area contributed by atoms with Crippen LogP contribution in [-0.4, -0.2) is 23.3 Å². The first-order valence-corrected chi connectivity index (χ1v) is 6.15. The molecule has 3 nitrogen and oxygen atoms in total. The van der Waals surface area contributed by atoms with Crippen LogP contribution in [0.25, 0.3) is 0 Å². The van der Waals surface area contributed by atoms with E-state index in [1.807, 2.05) is 27.7 Å². The van der Waals surface area contributed by atoms with Crippen LogP contribution in [0.15, 0.2) is 12.3 Å². The lowest BCUT2D eigenvalue weighted by Gasteiger charge is -2.32. The van der Waals surface area contributed by atoms with Crippen molar-refractivity contribution >= 4 is 35.9 Å². The predicted molar refractivity (Wildman–Crippen MR) is 70.0 cm³/mol. The molecule has 0 radical (unpaired) electrons. The largest absolute Gasteiger partial charge is 0.516 e. The minimum absolute atomic E-state index is 0.400. The molecule has 2 heterocycles. The third-order valence-corrected chi connectivity index (χ3v) is 3.82. The maximum absolute atomic E-state index is 6.09. The van der Waals surface area contributed by atoms with Crippen LogP contribution in [0, 0.1) is 0 Å². The molecule has 0 atom stereocenters. The van der Waals surface area contributed by atoms with E-state index < -0.39 is 18.3 Å². The molecule has 0 N–H and O–H groups in total. The summed E-state index contributed by atoms with van der Waals surface area (Å²) in [6, 6.07) is 1.64. The van der Waals surface area contributed by atoms with Gasteiger partial charge in [-0.2, -0.15) is 0 Å². The summed E-state index contributed by atoms with van der Waals surface area (Å²) in [5, 5.41) is 0.950. The van der Waals surface area contributed by atoms with Crippen molar-refractivity contribution < 1.29 is 9.31 Å². The fraction of sp³-hybridized carbons (Fsp3) is 0.545. The van der Waals surface area contributed by atoms with Crippen molar-refractivity contribution in [3.8, 4) is 0 Å². The lowest BCUT2D eigenvalue weighted by Crippen LogP contribution is -2.41. The second-order valence-electron chi connectivity index (χ2n) is 5.11. The van der Waals surface area contributed by atoms with Gasteiger partial charge in [-0.1, -0.05) is 23.2 Å². The molecule has 0 aliphatic carbocycles. The van der Waals surface area contributed by atoms with E-state index in [0.29, 0.717) is 15.6 Å². The molecule has 1 fully saturated rings. The first-order chi connectivity index (χ1) is 7.73. The van der Waals surface area contributed by atoms with Gasteiger partial charge in [0.15, 0.2) is 0 Å². The van der Waals surface area contributed by atoms with Crippen molar-refractivity contribution in [2.75, 3.05) is 0 Å². The van der Waals surface area contributed by atoms with Gasteiger partial charge in [0.25, 0.3) is 0 Å². The lowest BCUT2D eigenvalue weighted by molar-refractivity contribution is 0.00578. The zero-order valence-electron chi connectivity index (χ0n) is 10.3. The highest BCUT2D eigenvalue weighted by Crippen LogP contribution is 2.36. The molecule has 1 aromatic rings. The average Bonchev–Trinajstić information content (AvgIpc) is 2.35. The van der Waals surface area contributed by atoms with Gasteiger partial charge in [0.2, 0.25) is 0 Å². The predicted octanol–water partition coefficient (Wildman–Crippen LogP) is 2.69. The molecule has 17 heavy (non-hydrogen) atoms. The minimum atomic E-state index is -0.551. The van der Waals surface area contributed by atoms with Gasteiger partial charge in [0.1, 0.15) is 0 Å². The number of pyridine rings is 1. The summed E-state index contributed by atoms with van der Waals surface area (Å²) < 4.78 is 11.7. The Bertz CT molecular complexity index is 435. The summed E-state index contributed by atoms with van der Waals surface area (Å²) in [6.45, 7) is 7.93. The van der Waals surface area contributed by atoms with Gasteiger partial charge in [-0.25, -0.2) is 0 Å². The van der Waals surface area contributed by atoms with Crippen LogP contribution in [0.1, 0.15) is 27.7 Å². The first kappa shape index (κ1) is 13.2. The summed E-state index contributed by atoms with van der Waals surface area (Å²) in [6.07, 6.45) is 1.54. The Morgan fingerprint density at radius 1 is 1.12 bits per heavy atom. The molecule has 0 amide bonds. The molecule has 0 aromatic carbocycles. The van der Waals surface area contributed by atoms with Gasteiger partial charge in [-0.05, 0) is 33.8 Å². The first-order valence-electron chi connectivity index (χ1n) is 5.39. The summed E-state index contributed by atoms with van der Waals surface area (Å²) >= 11 is 11.9. The van der Waals surface area contributed by atoms with Gasteiger partial charge >= 0.3 is 7.12 Å². The third kappa shape index (κ3) is 2.32. The summed E-state index contributed by atoms with van der Waals surface area (Å²) in [4.78, 5) is 4.18. The smallest absolute Gasteiger partial charge is 0.398 e. The van der Waals surface area contributed by atoms with Crippen LogP contribution in [0.3, 0.4) is 0 Å². The fourth-order valence-corrected chi connectivity index (χ4v) is 2.02. The second-order valence-corrected chi connectivity index (χ2v) is 5.95. The molecule has 1 aliphatic rings. The fourth-order valence-electron chi connectivity index (χ4n) is 1.55. The van der Waals surface area contributed by atoms with Gasteiger partial charge < -0.3 is 9.31 Å². The summed E-state index contributed by atoms with van der Waals surface area (Å²) in [7, 11) is -0.551. The highest BCUT2D eigenvalue weighted by molar-refractivity contribution is 6.64. The van der Waals surface area contributed by atoms with Crippen LogP contribution in [0.2, 0.25) is 10.0 Å². The summed E-state index contributed by atoms with van der Waals surface area (Å²) in [5.74, 6) is 0. The van der Waals surface area contributed by atoms with E-state index in [2.05, 4.69) is 4.98 Å². The van der Waals surface area contributed by atoms with E-state index >= 15 is 0 Å². The maximum Gasteiger partial charge on any atom is 0.516 e. The van der Waals surface area contributed by atoms with Crippen LogP contribution in [0.5, 0.6) is 0 Å². The van der Waals surface area contributed by atoms with E-state index in [4.69, 9.17) is 32.5 Å². The Hall–Kier alpha value is -0.285. The van der Waals surface area contributed by atoms with Crippen molar-refractivity contribution in [3.63, 3.8) is 0 Å². The van der Waals surface area contributed by atoms with Crippen LogP contribution >= 0.6 is 23.2 Å². The SMILES string of the molecule is CC1(C)OB(c2ncc(Cl)cc2Cl)OC1(C)C. The molecule has 6 heteroatoms. The number of hydrogen-bond acceptors (Lipinski definition) is 3. The van der Waals surface area contributed by atoms with Gasteiger partial charge in [-0.3, -0.25) is 4.98 Å². The quantitative estimate of drug-likeness (QED) is 0.738. The number of nitrogens with zero attached hydrogens (tertiary/aromatic N) is 1. The molecule has 2 rings (SSSR count). The Kier molecular flexibility index (Phi) is 3.19. The average molecular weight is 274 g/mol. The van der Waals surface area contributed by atoms with E-state index in [-0.39, 0.29) is 0 Å². The van der Waals surface area contributed by atoms with Crippen molar-refractivity contribution in [1.82, 2.24) is 4.98 Å². The molecule has 0 spiro atoms. The molecule has 0 unspecified atom stereocenters. The highest BCUT2D eigenvalue weighted by atomic mass is 35.5. The monoisotopic (exact) mass is 273 g/mol. The van der Waals surface area contributed by atoms with Crippen LogP contribution in [-0.2, 0) is 9.31 Å². The lowest BCUT2D eigenvalue weighted by atomic mass is 9.84. The molecule has 0 bridgehead atoms. The molecule has 1 saturated heterocycles. The second kappa shape index (κ2) is 4.13. The number of aromatic nitrogens is 1. The molecular formula is C11H14BCl2NO2. The topological polar surface area (TPSA) is 31.4 Å². The molecule has 0 saturated carbocycles. The van der Waals surface area contributed by atoms with E-state index in [1.165, 1.54) is 6.20 Å². The summed E-state index contributed by atoms with van der Waals surface area (Å²) in [5.41, 5.74) is -0.236. The van der Waals surface area contributed by atoms with Crippen LogP contribution < -0.4 is 5.59 Å². The molecular weight excluding hydrogens is 260 g/mol. The Balaban J connectivity index is 2.32. The van der Waals surface area contributed by atoms with Crippen LogP contribution in [0.4, 0.5) is 0 Å². The Labute approximate surface area is 112 Å². The number of rotatable bonds is 1. The Morgan fingerprint density at radius 3 is 2.12 bits per heavy atom. The Morgan fingerprint density at radius 2 is 1.65 bits per heavy atom. The molecule has 1 aromatic heterocycles. The van der Waals surface area contributed by atoms with E-state index in [1.54, 1.807) is 6.07 Å². The highest BCUT2D eigenvalue weighted by Gasteiger charge is 2.52. The van der Waals surface area contributed by atoms with Crippen molar-refractivity contribution in [2.24, 2.45) is 0 Å². The zero-order chi connectivity index (χ0) is 12.8. The molecule has 1 aliphatic heterocycles. The number of halogens is 2. The van der Waals surface area contributed by atoms with Crippen molar-refractivity contribution in [3.05, 3.63) is 22.3 Å². The van der Waals surface area contributed by atoms with E-state index in [9.17, 15) is 0 Å². The zero-order valence-corrected chi connectivity index (χ0v) is 11.8. The molecule has 92 valence electrons. The minimum Gasteiger partial charge on any atom is -0.398 e. The van der Waals surface area contributed by atoms with E-state index in [0.717, 1.165) is 0 Å². The maximum atomic E-state index is 6.09. The number of hydrogen-bond donors (Lipinski definition) is 0. The normalized spacial score (nSPS) is 21.9. The van der Waals surface area contributed by atoms with Gasteiger partial charge in [0.05, 0.1) is 26.8 Å². The van der Waals surface area contributed by atoms with Gasteiger partial charge in [0, 0.05) is 6.20 Å². The van der Waals surface area contributed by atoms with Crippen molar-refractivity contribution in [1.29, 1.82) is 0 Å². The standard InChI is InChI=1S/C11H14BCl2NO2/c1-10(2)11(3,4)17-12(16-10)9-8(14)5-7(13)6-15-9/h5-6H,1-4H3. The van der Waals surface area contributed by atoms with Gasteiger partial charge in [-0.15, -0.1) is 0 Å². The van der Waals surface area contributed by atoms with Crippen molar-refractivity contribution in [2.45, 2.75) is 38.9 Å².